The van der Waals surface area contributed by atoms with Gasteiger partial charge in [0, 0.05) is 12.2 Å². The summed E-state index contributed by atoms with van der Waals surface area (Å²) in [5, 5.41) is 0. The van der Waals surface area contributed by atoms with Gasteiger partial charge in [0.15, 0.2) is 0 Å². The van der Waals surface area contributed by atoms with Crippen LogP contribution in [0.5, 0.6) is 0 Å². The molecule has 3 nitrogen and oxygen atoms in total. The highest BCUT2D eigenvalue weighted by atomic mass is 15.0. The highest BCUT2D eigenvalue weighted by Crippen LogP contribution is 2.21. The maximum absolute atomic E-state index is 6.14. The van der Waals surface area contributed by atoms with Gasteiger partial charge in [0.25, 0.3) is 0 Å². The summed E-state index contributed by atoms with van der Waals surface area (Å²) in [5.41, 5.74) is 9.41. The van der Waals surface area contributed by atoms with Crippen LogP contribution in [0.25, 0.3) is 5.65 Å². The molecule has 0 aliphatic heterocycles. The zero-order valence-corrected chi connectivity index (χ0v) is 9.44. The number of nitrogens with zero attached hydrogens (tertiary/aromatic N) is 2. The van der Waals surface area contributed by atoms with Crippen molar-refractivity contribution in [3.8, 4) is 0 Å². The first-order valence-electron chi connectivity index (χ1n) is 5.29. The van der Waals surface area contributed by atoms with Crippen molar-refractivity contribution in [2.45, 2.75) is 26.8 Å². The Labute approximate surface area is 89.9 Å². The number of imidazole rings is 1. The van der Waals surface area contributed by atoms with Gasteiger partial charge < -0.3 is 10.1 Å². The monoisotopic (exact) mass is 203 g/mol. The second-order valence-electron chi connectivity index (χ2n) is 4.34. The SMILES string of the molecule is Cc1cccn2c([C@H](N)C(C)C)cnc12. The average Bonchev–Trinajstić information content (AvgIpc) is 2.61. The molecule has 0 saturated heterocycles. The van der Waals surface area contributed by atoms with E-state index in [2.05, 4.69) is 36.2 Å². The summed E-state index contributed by atoms with van der Waals surface area (Å²) in [7, 11) is 0. The Morgan fingerprint density at radius 1 is 1.40 bits per heavy atom. The van der Waals surface area contributed by atoms with Crippen molar-refractivity contribution in [2.24, 2.45) is 11.7 Å². The van der Waals surface area contributed by atoms with Crippen LogP contribution in [0.1, 0.15) is 31.1 Å². The average molecular weight is 203 g/mol. The molecule has 2 rings (SSSR count). The zero-order chi connectivity index (χ0) is 11.0. The second kappa shape index (κ2) is 3.66. The molecule has 2 aromatic heterocycles. The van der Waals surface area contributed by atoms with Gasteiger partial charge in [-0.05, 0) is 24.5 Å². The van der Waals surface area contributed by atoms with Gasteiger partial charge in [-0.1, -0.05) is 19.9 Å². The third-order valence-electron chi connectivity index (χ3n) is 2.82. The van der Waals surface area contributed by atoms with E-state index in [9.17, 15) is 0 Å². The normalized spacial score (nSPS) is 13.7. The van der Waals surface area contributed by atoms with Crippen molar-refractivity contribution in [1.29, 1.82) is 0 Å². The fourth-order valence-electron chi connectivity index (χ4n) is 1.76. The molecular formula is C12H17N3. The van der Waals surface area contributed by atoms with Gasteiger partial charge in [0.1, 0.15) is 5.65 Å². The third kappa shape index (κ3) is 1.63. The number of nitrogens with two attached hydrogens (primary N) is 1. The molecule has 0 radical (unpaired) electrons. The molecule has 0 aliphatic rings. The van der Waals surface area contributed by atoms with E-state index in [-0.39, 0.29) is 6.04 Å². The molecule has 2 aromatic rings. The smallest absolute Gasteiger partial charge is 0.139 e. The van der Waals surface area contributed by atoms with E-state index in [0.29, 0.717) is 5.92 Å². The number of fused-ring (bicyclic) bond motifs is 1. The summed E-state index contributed by atoms with van der Waals surface area (Å²) in [4.78, 5) is 4.40. The summed E-state index contributed by atoms with van der Waals surface area (Å²) in [6.45, 7) is 6.31. The molecule has 0 spiro atoms. The third-order valence-corrected chi connectivity index (χ3v) is 2.82. The van der Waals surface area contributed by atoms with Crippen molar-refractivity contribution in [3.63, 3.8) is 0 Å². The number of aromatic nitrogens is 2. The maximum Gasteiger partial charge on any atom is 0.139 e. The van der Waals surface area contributed by atoms with E-state index in [0.717, 1.165) is 11.3 Å². The van der Waals surface area contributed by atoms with Gasteiger partial charge in [-0.3, -0.25) is 0 Å². The molecule has 0 saturated carbocycles. The van der Waals surface area contributed by atoms with Gasteiger partial charge in [0.05, 0.1) is 11.9 Å². The minimum Gasteiger partial charge on any atom is -0.322 e. The molecular weight excluding hydrogens is 186 g/mol. The standard InChI is InChI=1S/C12H17N3/c1-8(2)11(13)10-7-14-12-9(3)5-4-6-15(10)12/h4-8,11H,13H2,1-3H3/t11-/m1/s1. The zero-order valence-electron chi connectivity index (χ0n) is 9.44. The lowest BCUT2D eigenvalue weighted by Gasteiger charge is -2.15. The van der Waals surface area contributed by atoms with Crippen molar-refractivity contribution < 1.29 is 0 Å². The molecule has 0 aliphatic carbocycles. The van der Waals surface area contributed by atoms with Crippen LogP contribution in [0.2, 0.25) is 0 Å². The molecule has 80 valence electrons. The first-order chi connectivity index (χ1) is 7.11. The van der Waals surface area contributed by atoms with Crippen molar-refractivity contribution in [2.75, 3.05) is 0 Å². The fraction of sp³-hybridized carbons (Fsp3) is 0.417. The van der Waals surface area contributed by atoms with E-state index in [1.54, 1.807) is 0 Å². The molecule has 0 unspecified atom stereocenters. The van der Waals surface area contributed by atoms with Crippen LogP contribution < -0.4 is 5.73 Å². The summed E-state index contributed by atoms with van der Waals surface area (Å²) in [5.74, 6) is 0.422. The molecule has 0 aromatic carbocycles. The van der Waals surface area contributed by atoms with Crippen LogP contribution >= 0.6 is 0 Å². The van der Waals surface area contributed by atoms with Gasteiger partial charge >= 0.3 is 0 Å². The first kappa shape index (κ1) is 10.2. The van der Waals surface area contributed by atoms with Crippen LogP contribution in [0.15, 0.2) is 24.5 Å². The summed E-state index contributed by atoms with van der Waals surface area (Å²) in [6, 6.07) is 4.13. The molecule has 15 heavy (non-hydrogen) atoms. The number of hydrogen-bond donors (Lipinski definition) is 1. The topological polar surface area (TPSA) is 43.3 Å². The minimum absolute atomic E-state index is 0.0433. The van der Waals surface area contributed by atoms with Gasteiger partial charge in [-0.2, -0.15) is 0 Å². The number of aryl methyl sites for hydroxylation is 1. The number of pyridine rings is 1. The fourth-order valence-corrected chi connectivity index (χ4v) is 1.76. The van der Waals surface area contributed by atoms with E-state index >= 15 is 0 Å². The molecule has 1 atom stereocenters. The van der Waals surface area contributed by atoms with Crippen LogP contribution in [0.3, 0.4) is 0 Å². The Hall–Kier alpha value is -1.35. The van der Waals surface area contributed by atoms with E-state index in [1.807, 2.05) is 18.5 Å². The minimum atomic E-state index is 0.0433. The lowest BCUT2D eigenvalue weighted by molar-refractivity contribution is 0.500. The predicted octanol–water partition coefficient (Wildman–Crippen LogP) is 2.30. The molecule has 0 bridgehead atoms. The Bertz CT molecular complexity index is 471. The number of hydrogen-bond acceptors (Lipinski definition) is 2. The Morgan fingerprint density at radius 2 is 2.13 bits per heavy atom. The van der Waals surface area contributed by atoms with Crippen molar-refractivity contribution in [3.05, 3.63) is 35.8 Å². The molecule has 0 fully saturated rings. The molecule has 2 heterocycles. The highest BCUT2D eigenvalue weighted by Gasteiger charge is 2.15. The van der Waals surface area contributed by atoms with E-state index in [1.165, 1.54) is 5.56 Å². The largest absolute Gasteiger partial charge is 0.322 e. The predicted molar refractivity (Wildman–Crippen MR) is 61.7 cm³/mol. The number of rotatable bonds is 2. The van der Waals surface area contributed by atoms with Crippen molar-refractivity contribution in [1.82, 2.24) is 9.38 Å². The summed E-state index contributed by atoms with van der Waals surface area (Å²) >= 11 is 0. The Balaban J connectivity index is 2.59. The van der Waals surface area contributed by atoms with E-state index in [4.69, 9.17) is 5.73 Å². The second-order valence-corrected chi connectivity index (χ2v) is 4.34. The van der Waals surface area contributed by atoms with Crippen LogP contribution in [-0.4, -0.2) is 9.38 Å². The maximum atomic E-state index is 6.14. The van der Waals surface area contributed by atoms with Crippen molar-refractivity contribution >= 4 is 5.65 Å². The van der Waals surface area contributed by atoms with Crippen LogP contribution in [0, 0.1) is 12.8 Å². The van der Waals surface area contributed by atoms with Gasteiger partial charge in [-0.15, -0.1) is 0 Å². The van der Waals surface area contributed by atoms with Crippen LogP contribution in [-0.2, 0) is 0 Å². The highest BCUT2D eigenvalue weighted by molar-refractivity contribution is 5.48. The summed E-state index contributed by atoms with van der Waals surface area (Å²) < 4.78 is 2.08. The van der Waals surface area contributed by atoms with Crippen LogP contribution in [0.4, 0.5) is 0 Å². The Kier molecular flexibility index (Phi) is 2.49. The quantitative estimate of drug-likeness (QED) is 0.813. The van der Waals surface area contributed by atoms with Gasteiger partial charge in [0.2, 0.25) is 0 Å². The molecule has 2 N–H and O–H groups in total. The van der Waals surface area contributed by atoms with Gasteiger partial charge in [-0.25, -0.2) is 4.98 Å². The Morgan fingerprint density at radius 3 is 2.80 bits per heavy atom. The molecule has 0 amide bonds. The molecule has 3 heteroatoms. The first-order valence-corrected chi connectivity index (χ1v) is 5.29. The van der Waals surface area contributed by atoms with E-state index < -0.39 is 0 Å². The lowest BCUT2D eigenvalue weighted by atomic mass is 10.0. The summed E-state index contributed by atoms with van der Waals surface area (Å²) in [6.07, 6.45) is 3.90. The lowest BCUT2D eigenvalue weighted by Crippen LogP contribution is -2.18.